The first kappa shape index (κ1) is 13.0. The van der Waals surface area contributed by atoms with Crippen LogP contribution in [0, 0.1) is 19.7 Å². The molecule has 0 aliphatic rings. The highest BCUT2D eigenvalue weighted by Gasteiger charge is 2.14. The topological polar surface area (TPSA) is 37.8 Å². The van der Waals surface area contributed by atoms with Crippen molar-refractivity contribution in [3.05, 3.63) is 40.5 Å². The average Bonchev–Trinajstić information content (AvgIpc) is 2.81. The van der Waals surface area contributed by atoms with E-state index in [2.05, 4.69) is 15.3 Å². The van der Waals surface area contributed by atoms with Crippen molar-refractivity contribution in [2.75, 3.05) is 12.4 Å². The van der Waals surface area contributed by atoms with Crippen LogP contribution in [-0.4, -0.2) is 17.0 Å². The Morgan fingerprint density at radius 2 is 2.00 bits per heavy atom. The Hall–Kier alpha value is -2.01. The number of benzene rings is 1. The predicted molar refractivity (Wildman–Crippen MR) is 81.8 cm³/mol. The Bertz CT molecular complexity index is 795. The Morgan fingerprint density at radius 3 is 2.75 bits per heavy atom. The highest BCUT2D eigenvalue weighted by atomic mass is 32.1. The van der Waals surface area contributed by atoms with Crippen LogP contribution in [0.3, 0.4) is 0 Å². The molecule has 0 aliphatic heterocycles. The van der Waals surface area contributed by atoms with Gasteiger partial charge in [0, 0.05) is 11.9 Å². The molecule has 0 fully saturated rings. The minimum Gasteiger partial charge on any atom is -0.372 e. The van der Waals surface area contributed by atoms with E-state index in [1.165, 1.54) is 0 Å². The quantitative estimate of drug-likeness (QED) is 0.769. The first-order valence-electron chi connectivity index (χ1n) is 6.31. The van der Waals surface area contributed by atoms with Crippen molar-refractivity contribution in [1.29, 1.82) is 0 Å². The van der Waals surface area contributed by atoms with Crippen molar-refractivity contribution in [3.8, 4) is 11.4 Å². The molecule has 2 aromatic heterocycles. The van der Waals surface area contributed by atoms with E-state index in [1.54, 1.807) is 30.4 Å². The second kappa shape index (κ2) is 4.83. The normalized spacial score (nSPS) is 11.0. The summed E-state index contributed by atoms with van der Waals surface area (Å²) in [6.07, 6.45) is 0. The van der Waals surface area contributed by atoms with E-state index >= 15 is 0 Å². The number of hydrogen-bond acceptors (Lipinski definition) is 4. The van der Waals surface area contributed by atoms with Crippen LogP contribution < -0.4 is 5.32 Å². The number of nitrogens with one attached hydrogen (secondary N) is 1. The second-order valence-electron chi connectivity index (χ2n) is 4.66. The van der Waals surface area contributed by atoms with Crippen LogP contribution in [0.25, 0.3) is 21.6 Å². The van der Waals surface area contributed by atoms with Gasteiger partial charge >= 0.3 is 0 Å². The number of thiophene rings is 1. The van der Waals surface area contributed by atoms with E-state index in [9.17, 15) is 4.39 Å². The molecule has 3 aromatic rings. The maximum absolute atomic E-state index is 14.2. The number of aromatic nitrogens is 2. The lowest BCUT2D eigenvalue weighted by molar-refractivity contribution is 0.621. The predicted octanol–water partition coefficient (Wildman–Crippen LogP) is 4.16. The van der Waals surface area contributed by atoms with E-state index in [-0.39, 0.29) is 5.82 Å². The summed E-state index contributed by atoms with van der Waals surface area (Å²) in [4.78, 5) is 11.0. The lowest BCUT2D eigenvalue weighted by Gasteiger charge is -2.07. The minimum absolute atomic E-state index is 0.262. The third-order valence-electron chi connectivity index (χ3n) is 3.19. The average molecular weight is 287 g/mol. The summed E-state index contributed by atoms with van der Waals surface area (Å²) < 4.78 is 14.2. The van der Waals surface area contributed by atoms with Crippen LogP contribution in [0.4, 0.5) is 10.2 Å². The monoisotopic (exact) mass is 287 g/mol. The fourth-order valence-corrected chi connectivity index (χ4v) is 3.05. The summed E-state index contributed by atoms with van der Waals surface area (Å²) >= 11 is 1.59. The van der Waals surface area contributed by atoms with E-state index in [1.807, 2.05) is 26.1 Å². The largest absolute Gasteiger partial charge is 0.372 e. The highest BCUT2D eigenvalue weighted by Crippen LogP contribution is 2.31. The molecule has 3 nitrogen and oxygen atoms in total. The molecular formula is C15H14FN3S. The van der Waals surface area contributed by atoms with Gasteiger partial charge in [-0.15, -0.1) is 11.3 Å². The number of hydrogen-bond donors (Lipinski definition) is 1. The fraction of sp³-hybridized carbons (Fsp3) is 0.200. The van der Waals surface area contributed by atoms with Gasteiger partial charge in [0.25, 0.3) is 0 Å². The molecule has 2 heterocycles. The zero-order valence-electron chi connectivity index (χ0n) is 11.5. The van der Waals surface area contributed by atoms with Gasteiger partial charge in [0.05, 0.1) is 10.9 Å². The van der Waals surface area contributed by atoms with E-state index in [0.717, 1.165) is 20.9 Å². The van der Waals surface area contributed by atoms with Crippen LogP contribution >= 0.6 is 11.3 Å². The second-order valence-corrected chi connectivity index (χ2v) is 5.89. The van der Waals surface area contributed by atoms with Gasteiger partial charge in [0.15, 0.2) is 5.82 Å². The Balaban J connectivity index is 2.28. The maximum Gasteiger partial charge on any atom is 0.166 e. The minimum atomic E-state index is -0.262. The molecule has 0 saturated carbocycles. The first-order chi connectivity index (χ1) is 9.60. The number of halogens is 1. The van der Waals surface area contributed by atoms with Crippen LogP contribution in [0.2, 0.25) is 0 Å². The van der Waals surface area contributed by atoms with Gasteiger partial charge in [-0.25, -0.2) is 14.4 Å². The maximum atomic E-state index is 14.2. The molecule has 3 rings (SSSR count). The summed E-state index contributed by atoms with van der Waals surface area (Å²) in [6.45, 7) is 3.77. The molecule has 0 saturated heterocycles. The van der Waals surface area contributed by atoms with Crippen molar-refractivity contribution in [3.63, 3.8) is 0 Å². The highest BCUT2D eigenvalue weighted by molar-refractivity contribution is 7.18. The Labute approximate surface area is 120 Å². The van der Waals surface area contributed by atoms with Crippen LogP contribution in [0.5, 0.6) is 0 Å². The SMILES string of the molecule is CNc1nc(-c2cccc(C)c2F)nc2sc(C)cc12. The molecule has 0 bridgehead atoms. The number of rotatable bonds is 2. The van der Waals surface area contributed by atoms with Gasteiger partial charge in [-0.3, -0.25) is 0 Å². The Kier molecular flexibility index (Phi) is 3.14. The van der Waals surface area contributed by atoms with Crippen LogP contribution in [0.15, 0.2) is 24.3 Å². The number of fused-ring (bicyclic) bond motifs is 1. The summed E-state index contributed by atoms with van der Waals surface area (Å²) in [5.74, 6) is 0.891. The summed E-state index contributed by atoms with van der Waals surface area (Å²) in [5.41, 5.74) is 1.04. The zero-order chi connectivity index (χ0) is 14.3. The number of nitrogens with zero attached hydrogens (tertiary/aromatic N) is 2. The van der Waals surface area contributed by atoms with E-state index < -0.39 is 0 Å². The van der Waals surface area contributed by atoms with E-state index in [4.69, 9.17) is 0 Å². The lowest BCUT2D eigenvalue weighted by atomic mass is 10.1. The summed E-state index contributed by atoms with van der Waals surface area (Å²) in [6, 6.07) is 7.32. The van der Waals surface area contributed by atoms with Gasteiger partial charge in [0.1, 0.15) is 16.5 Å². The van der Waals surface area contributed by atoms with Gasteiger partial charge in [-0.2, -0.15) is 0 Å². The third-order valence-corrected chi connectivity index (χ3v) is 4.13. The molecule has 0 spiro atoms. The van der Waals surface area contributed by atoms with Gasteiger partial charge in [-0.05, 0) is 31.5 Å². The molecule has 1 N–H and O–H groups in total. The van der Waals surface area contributed by atoms with E-state index in [0.29, 0.717) is 17.0 Å². The molecule has 20 heavy (non-hydrogen) atoms. The van der Waals surface area contributed by atoms with Gasteiger partial charge in [-0.1, -0.05) is 12.1 Å². The fourth-order valence-electron chi connectivity index (χ4n) is 2.17. The van der Waals surface area contributed by atoms with Crippen LogP contribution in [0.1, 0.15) is 10.4 Å². The van der Waals surface area contributed by atoms with Crippen molar-refractivity contribution in [2.24, 2.45) is 0 Å². The lowest BCUT2D eigenvalue weighted by Crippen LogP contribution is -1.99. The van der Waals surface area contributed by atoms with Crippen molar-refractivity contribution >= 4 is 27.4 Å². The molecule has 1 aromatic carbocycles. The van der Waals surface area contributed by atoms with Gasteiger partial charge in [0.2, 0.25) is 0 Å². The first-order valence-corrected chi connectivity index (χ1v) is 7.13. The molecule has 5 heteroatoms. The number of anilines is 1. The smallest absolute Gasteiger partial charge is 0.166 e. The zero-order valence-corrected chi connectivity index (χ0v) is 12.3. The van der Waals surface area contributed by atoms with Gasteiger partial charge < -0.3 is 5.32 Å². The van der Waals surface area contributed by atoms with Crippen molar-refractivity contribution in [2.45, 2.75) is 13.8 Å². The molecule has 0 amide bonds. The van der Waals surface area contributed by atoms with Crippen LogP contribution in [-0.2, 0) is 0 Å². The molecule has 0 radical (unpaired) electrons. The molecule has 0 unspecified atom stereocenters. The van der Waals surface area contributed by atoms with Crippen molar-refractivity contribution < 1.29 is 4.39 Å². The molecular weight excluding hydrogens is 273 g/mol. The molecule has 0 aliphatic carbocycles. The standard InChI is InChI=1S/C15H14FN3S/c1-8-5-4-6-10(12(8)16)14-18-13(17-3)11-7-9(2)20-15(11)19-14/h4-7H,1-3H3,(H,17,18,19). The van der Waals surface area contributed by atoms with Crippen molar-refractivity contribution in [1.82, 2.24) is 9.97 Å². The molecule has 102 valence electrons. The Morgan fingerprint density at radius 1 is 1.20 bits per heavy atom. The molecule has 0 atom stereocenters. The summed E-state index contributed by atoms with van der Waals surface area (Å²) in [5, 5.41) is 4.04. The third kappa shape index (κ3) is 2.04. The number of aryl methyl sites for hydroxylation is 2. The summed E-state index contributed by atoms with van der Waals surface area (Å²) in [7, 11) is 1.81.